The standard InChI is InChI=1S/C21H20O7/c1-10(2)4-6-12-14(22)9-16-17(18(12)23)19(24)21(25)13-7-5-11(26-3)8-15(13)27-20(21)28-16/h4-5,7-9,20,22-23,25H,6H2,1-3H3/t20-,21+/m1/s1. The Hall–Kier alpha value is -3.19. The lowest BCUT2D eigenvalue weighted by atomic mass is 9.83. The Labute approximate surface area is 161 Å². The lowest BCUT2D eigenvalue weighted by Gasteiger charge is -2.33. The van der Waals surface area contributed by atoms with Crippen LogP contribution in [-0.4, -0.2) is 34.5 Å². The van der Waals surface area contributed by atoms with Gasteiger partial charge in [-0.05, 0) is 32.4 Å². The van der Waals surface area contributed by atoms with Gasteiger partial charge in [0.05, 0.1) is 7.11 Å². The van der Waals surface area contributed by atoms with Gasteiger partial charge in [0.1, 0.15) is 34.3 Å². The minimum atomic E-state index is -2.11. The molecule has 0 radical (unpaired) electrons. The van der Waals surface area contributed by atoms with Gasteiger partial charge in [-0.25, -0.2) is 0 Å². The summed E-state index contributed by atoms with van der Waals surface area (Å²) < 4.78 is 16.4. The van der Waals surface area contributed by atoms with Crippen LogP contribution in [0.3, 0.4) is 0 Å². The van der Waals surface area contributed by atoms with Crippen LogP contribution >= 0.6 is 0 Å². The molecule has 2 heterocycles. The van der Waals surface area contributed by atoms with E-state index >= 15 is 0 Å². The number of phenolic OH excluding ortho intramolecular Hbond substituents is 2. The molecule has 4 rings (SSSR count). The molecule has 3 N–H and O–H groups in total. The van der Waals surface area contributed by atoms with E-state index in [1.807, 2.05) is 19.9 Å². The van der Waals surface area contributed by atoms with Gasteiger partial charge in [-0.3, -0.25) is 4.79 Å². The predicted molar refractivity (Wildman–Crippen MR) is 99.2 cm³/mol. The molecule has 0 spiro atoms. The summed E-state index contributed by atoms with van der Waals surface area (Å²) in [6, 6.07) is 5.93. The number of aromatic hydroxyl groups is 2. The average molecular weight is 384 g/mol. The van der Waals surface area contributed by atoms with Gasteiger partial charge in [-0.1, -0.05) is 11.6 Å². The van der Waals surface area contributed by atoms with Crippen molar-refractivity contribution in [1.29, 1.82) is 0 Å². The zero-order valence-corrected chi connectivity index (χ0v) is 15.6. The summed E-state index contributed by atoms with van der Waals surface area (Å²) in [6.45, 7) is 3.77. The second-order valence-corrected chi connectivity index (χ2v) is 7.11. The summed E-state index contributed by atoms with van der Waals surface area (Å²) in [5.74, 6) is -0.665. The third-order valence-corrected chi connectivity index (χ3v) is 5.04. The Balaban J connectivity index is 1.85. The van der Waals surface area contributed by atoms with Gasteiger partial charge in [0.2, 0.25) is 11.4 Å². The molecule has 0 aromatic heterocycles. The first kappa shape index (κ1) is 18.2. The van der Waals surface area contributed by atoms with E-state index in [9.17, 15) is 20.1 Å². The van der Waals surface area contributed by atoms with Crippen LogP contribution in [0, 0.1) is 0 Å². The third kappa shape index (κ3) is 2.43. The zero-order chi connectivity index (χ0) is 20.2. The van der Waals surface area contributed by atoms with Gasteiger partial charge in [0.25, 0.3) is 6.29 Å². The minimum Gasteiger partial charge on any atom is -0.507 e. The highest BCUT2D eigenvalue weighted by Crippen LogP contribution is 2.52. The predicted octanol–water partition coefficient (Wildman–Crippen LogP) is 2.80. The maximum atomic E-state index is 13.3. The molecule has 2 aromatic carbocycles. The maximum absolute atomic E-state index is 13.3. The monoisotopic (exact) mass is 384 g/mol. The number of rotatable bonds is 3. The number of benzene rings is 2. The minimum absolute atomic E-state index is 0.0459. The van der Waals surface area contributed by atoms with E-state index in [0.717, 1.165) is 5.57 Å². The van der Waals surface area contributed by atoms with E-state index < -0.39 is 23.4 Å². The summed E-state index contributed by atoms with van der Waals surface area (Å²) in [6.07, 6.45) is 0.705. The maximum Gasteiger partial charge on any atom is 0.281 e. The number of ketones is 1. The Kier molecular flexibility index (Phi) is 4.01. The number of carbonyl (C=O) groups is 1. The summed E-state index contributed by atoms with van der Waals surface area (Å²) in [5.41, 5.74) is -0.887. The molecule has 0 fully saturated rings. The van der Waals surface area contributed by atoms with Crippen molar-refractivity contribution in [3.8, 4) is 28.7 Å². The van der Waals surface area contributed by atoms with E-state index in [1.165, 1.54) is 19.2 Å². The van der Waals surface area contributed by atoms with E-state index in [-0.39, 0.29) is 40.4 Å². The van der Waals surface area contributed by atoms with Crippen LogP contribution < -0.4 is 14.2 Å². The van der Waals surface area contributed by atoms with E-state index in [4.69, 9.17) is 14.2 Å². The number of methoxy groups -OCH3 is 1. The van der Waals surface area contributed by atoms with Crippen molar-refractivity contribution in [3.05, 3.63) is 52.6 Å². The van der Waals surface area contributed by atoms with Crippen molar-refractivity contribution < 1.29 is 34.3 Å². The number of ether oxygens (including phenoxy) is 3. The molecule has 0 bridgehead atoms. The fraction of sp³-hybridized carbons (Fsp3) is 0.286. The van der Waals surface area contributed by atoms with Gasteiger partial charge >= 0.3 is 0 Å². The van der Waals surface area contributed by atoms with Crippen molar-refractivity contribution in [2.24, 2.45) is 0 Å². The number of hydrogen-bond acceptors (Lipinski definition) is 7. The lowest BCUT2D eigenvalue weighted by Crippen LogP contribution is -2.51. The number of hydrogen-bond donors (Lipinski definition) is 3. The lowest BCUT2D eigenvalue weighted by molar-refractivity contribution is -0.118. The summed E-state index contributed by atoms with van der Waals surface area (Å²) >= 11 is 0. The van der Waals surface area contributed by atoms with Crippen LogP contribution in [0.5, 0.6) is 28.7 Å². The smallest absolute Gasteiger partial charge is 0.281 e. The molecule has 2 aliphatic heterocycles. The first-order valence-corrected chi connectivity index (χ1v) is 8.77. The van der Waals surface area contributed by atoms with Crippen molar-refractivity contribution in [1.82, 2.24) is 0 Å². The van der Waals surface area contributed by atoms with Gasteiger partial charge in [0, 0.05) is 23.3 Å². The SMILES string of the molecule is COc1ccc2c(c1)O[C@@H]1Oc3cc(O)c(CC=C(C)C)c(O)c3C(=O)[C@@]21O. The molecule has 2 atom stereocenters. The first-order valence-electron chi connectivity index (χ1n) is 8.77. The molecule has 0 saturated heterocycles. The topological polar surface area (TPSA) is 105 Å². The molecule has 2 aromatic rings. The number of aliphatic hydroxyl groups is 1. The van der Waals surface area contributed by atoms with Crippen molar-refractivity contribution in [2.45, 2.75) is 32.2 Å². The highest BCUT2D eigenvalue weighted by atomic mass is 16.7. The molecule has 0 amide bonds. The molecule has 7 nitrogen and oxygen atoms in total. The second kappa shape index (κ2) is 6.17. The molecule has 7 heteroatoms. The molecule has 0 unspecified atom stereocenters. The number of allylic oxidation sites excluding steroid dienone is 2. The number of carbonyl (C=O) groups excluding carboxylic acids is 1. The summed E-state index contributed by atoms with van der Waals surface area (Å²) in [7, 11) is 1.49. The second-order valence-electron chi connectivity index (χ2n) is 7.11. The number of Topliss-reactive ketones (excluding diaryl/α,β-unsaturated/α-hetero) is 1. The Bertz CT molecular complexity index is 1020. The fourth-order valence-corrected chi connectivity index (χ4v) is 3.51. The van der Waals surface area contributed by atoms with Crippen LogP contribution in [-0.2, 0) is 12.0 Å². The van der Waals surface area contributed by atoms with Crippen molar-refractivity contribution >= 4 is 5.78 Å². The van der Waals surface area contributed by atoms with Crippen LogP contribution in [0.15, 0.2) is 35.9 Å². The molecule has 0 saturated carbocycles. The van der Waals surface area contributed by atoms with Crippen LogP contribution in [0.25, 0.3) is 0 Å². The molecular formula is C21H20O7. The van der Waals surface area contributed by atoms with E-state index in [2.05, 4.69) is 0 Å². The average Bonchev–Trinajstić information content (AvgIpc) is 2.93. The van der Waals surface area contributed by atoms with E-state index in [1.54, 1.807) is 12.1 Å². The highest BCUT2D eigenvalue weighted by Gasteiger charge is 2.60. The molecule has 28 heavy (non-hydrogen) atoms. The molecule has 0 aliphatic carbocycles. The quantitative estimate of drug-likeness (QED) is 0.699. The Morgan fingerprint density at radius 2 is 1.93 bits per heavy atom. The normalized spacial score (nSPS) is 21.7. The first-order chi connectivity index (χ1) is 13.3. The van der Waals surface area contributed by atoms with Gasteiger partial charge < -0.3 is 29.5 Å². The molecular weight excluding hydrogens is 364 g/mol. The van der Waals surface area contributed by atoms with Gasteiger partial charge in [-0.15, -0.1) is 0 Å². The highest BCUT2D eigenvalue weighted by molar-refractivity contribution is 6.09. The fourth-order valence-electron chi connectivity index (χ4n) is 3.51. The van der Waals surface area contributed by atoms with Gasteiger partial charge in [0.15, 0.2) is 0 Å². The molecule has 2 aliphatic rings. The Morgan fingerprint density at radius 3 is 2.61 bits per heavy atom. The van der Waals surface area contributed by atoms with Crippen LogP contribution in [0.2, 0.25) is 0 Å². The number of fused-ring (bicyclic) bond motifs is 4. The Morgan fingerprint density at radius 1 is 1.21 bits per heavy atom. The van der Waals surface area contributed by atoms with Crippen LogP contribution in [0.1, 0.15) is 35.3 Å². The van der Waals surface area contributed by atoms with Crippen LogP contribution in [0.4, 0.5) is 0 Å². The van der Waals surface area contributed by atoms with E-state index in [0.29, 0.717) is 5.75 Å². The largest absolute Gasteiger partial charge is 0.507 e. The third-order valence-electron chi connectivity index (χ3n) is 5.04. The van der Waals surface area contributed by atoms with Crippen molar-refractivity contribution in [3.63, 3.8) is 0 Å². The molecule has 146 valence electrons. The zero-order valence-electron chi connectivity index (χ0n) is 15.6. The van der Waals surface area contributed by atoms with Crippen molar-refractivity contribution in [2.75, 3.05) is 7.11 Å². The number of phenols is 2. The summed E-state index contributed by atoms with van der Waals surface area (Å²) in [4.78, 5) is 13.3. The van der Waals surface area contributed by atoms with Gasteiger partial charge in [-0.2, -0.15) is 0 Å². The summed E-state index contributed by atoms with van der Waals surface area (Å²) in [5, 5.41) is 32.2.